The van der Waals surface area contributed by atoms with Gasteiger partial charge in [-0.05, 0) is 42.5 Å². The molecule has 0 atom stereocenters. The van der Waals surface area contributed by atoms with E-state index < -0.39 is 5.82 Å². The van der Waals surface area contributed by atoms with Crippen LogP contribution in [0.4, 0.5) is 10.1 Å². The number of hydrogen-bond donors (Lipinski definition) is 1. The Labute approximate surface area is 147 Å². The first-order chi connectivity index (χ1) is 12.2. The lowest BCUT2D eigenvalue weighted by Gasteiger charge is -2.06. The second-order valence-electron chi connectivity index (χ2n) is 5.39. The van der Waals surface area contributed by atoms with Crippen LogP contribution in [-0.4, -0.2) is 15.9 Å². The van der Waals surface area contributed by atoms with Crippen molar-refractivity contribution >= 4 is 33.3 Å². The average molecular weight is 349 g/mol. The molecule has 2 heterocycles. The molecule has 0 spiro atoms. The summed E-state index contributed by atoms with van der Waals surface area (Å²) in [4.78, 5) is 22.0. The monoisotopic (exact) mass is 349 g/mol. The van der Waals surface area contributed by atoms with E-state index in [1.54, 1.807) is 18.3 Å². The highest BCUT2D eigenvalue weighted by Crippen LogP contribution is 2.30. The maximum atomic E-state index is 13.3. The summed E-state index contributed by atoms with van der Waals surface area (Å²) in [6.07, 6.45) is 1.74. The number of carbonyl (C=O) groups is 1. The van der Waals surface area contributed by atoms with Gasteiger partial charge in [0.1, 0.15) is 21.2 Å². The summed E-state index contributed by atoms with van der Waals surface area (Å²) in [5.74, 6) is -0.800. The topological polar surface area (TPSA) is 54.9 Å². The Bertz CT molecular complexity index is 1040. The fourth-order valence-corrected chi connectivity index (χ4v) is 3.36. The molecule has 4 aromatic rings. The van der Waals surface area contributed by atoms with Gasteiger partial charge in [0.15, 0.2) is 0 Å². The van der Waals surface area contributed by atoms with Crippen LogP contribution in [0.1, 0.15) is 10.4 Å². The molecule has 6 heteroatoms. The minimum absolute atomic E-state index is 0.273. The van der Waals surface area contributed by atoms with Crippen molar-refractivity contribution in [2.45, 2.75) is 0 Å². The van der Waals surface area contributed by atoms with E-state index in [-0.39, 0.29) is 11.5 Å². The zero-order valence-electron chi connectivity index (χ0n) is 12.9. The molecule has 4 rings (SSSR count). The molecule has 0 fully saturated rings. The minimum atomic E-state index is -0.441. The molecule has 1 N–H and O–H groups in total. The van der Waals surface area contributed by atoms with Crippen LogP contribution in [-0.2, 0) is 0 Å². The molecule has 2 aromatic carbocycles. The van der Waals surface area contributed by atoms with Gasteiger partial charge in [0.25, 0.3) is 5.91 Å². The summed E-state index contributed by atoms with van der Waals surface area (Å²) in [6, 6.07) is 16.7. The zero-order chi connectivity index (χ0) is 17.2. The van der Waals surface area contributed by atoms with E-state index >= 15 is 0 Å². The number of nitrogens with zero attached hydrogens (tertiary/aromatic N) is 2. The maximum absolute atomic E-state index is 13.3. The number of carbonyl (C=O) groups excluding carboxylic acids is 1. The second-order valence-corrected chi connectivity index (χ2v) is 6.37. The number of anilines is 1. The SMILES string of the molecule is O=C(Nc1cccc(-c2nc3cccnc3s2)c1)c1cccc(F)c1. The van der Waals surface area contributed by atoms with Gasteiger partial charge in [0.2, 0.25) is 0 Å². The third-order valence-electron chi connectivity index (χ3n) is 3.62. The molecule has 122 valence electrons. The average Bonchev–Trinajstić information content (AvgIpc) is 3.06. The van der Waals surface area contributed by atoms with E-state index in [1.807, 2.05) is 30.3 Å². The fraction of sp³-hybridized carbons (Fsp3) is 0. The number of benzene rings is 2. The molecule has 0 aliphatic carbocycles. The van der Waals surface area contributed by atoms with Gasteiger partial charge in [-0.1, -0.05) is 29.5 Å². The molecule has 4 nitrogen and oxygen atoms in total. The first-order valence-electron chi connectivity index (χ1n) is 7.58. The quantitative estimate of drug-likeness (QED) is 0.581. The Balaban J connectivity index is 1.62. The van der Waals surface area contributed by atoms with E-state index in [9.17, 15) is 9.18 Å². The molecule has 25 heavy (non-hydrogen) atoms. The lowest BCUT2D eigenvalue weighted by atomic mass is 10.1. The van der Waals surface area contributed by atoms with Crippen LogP contribution in [0.2, 0.25) is 0 Å². The van der Waals surface area contributed by atoms with Gasteiger partial charge in [0, 0.05) is 23.0 Å². The van der Waals surface area contributed by atoms with Crippen LogP contribution in [0, 0.1) is 5.82 Å². The molecular weight excluding hydrogens is 337 g/mol. The van der Waals surface area contributed by atoms with Crippen molar-refractivity contribution in [1.82, 2.24) is 9.97 Å². The molecule has 0 aliphatic heterocycles. The summed E-state index contributed by atoms with van der Waals surface area (Å²) in [5.41, 5.74) is 2.63. The van der Waals surface area contributed by atoms with Crippen molar-refractivity contribution in [3.63, 3.8) is 0 Å². The lowest BCUT2D eigenvalue weighted by molar-refractivity contribution is 0.102. The Morgan fingerprint density at radius 3 is 2.76 bits per heavy atom. The molecule has 0 radical (unpaired) electrons. The molecule has 0 bridgehead atoms. The van der Waals surface area contributed by atoms with Crippen molar-refractivity contribution < 1.29 is 9.18 Å². The van der Waals surface area contributed by atoms with Crippen molar-refractivity contribution in [2.75, 3.05) is 5.32 Å². The number of rotatable bonds is 3. The number of amides is 1. The van der Waals surface area contributed by atoms with Crippen LogP contribution in [0.25, 0.3) is 20.9 Å². The van der Waals surface area contributed by atoms with Gasteiger partial charge in [-0.2, -0.15) is 0 Å². The maximum Gasteiger partial charge on any atom is 0.255 e. The number of fused-ring (bicyclic) bond motifs is 1. The largest absolute Gasteiger partial charge is 0.322 e. The summed E-state index contributed by atoms with van der Waals surface area (Å²) >= 11 is 1.49. The van der Waals surface area contributed by atoms with Crippen molar-refractivity contribution in [3.05, 3.63) is 78.2 Å². The highest BCUT2D eigenvalue weighted by Gasteiger charge is 2.10. The third-order valence-corrected chi connectivity index (χ3v) is 4.65. The predicted octanol–water partition coefficient (Wildman–Crippen LogP) is 4.75. The third kappa shape index (κ3) is 3.25. The summed E-state index contributed by atoms with van der Waals surface area (Å²) in [5, 5.41) is 3.61. The van der Waals surface area contributed by atoms with Crippen LogP contribution in [0.5, 0.6) is 0 Å². The standard InChI is InChI=1S/C19H12FN3OS/c20-14-6-1-4-12(10-14)17(24)22-15-7-2-5-13(11-15)18-23-16-8-3-9-21-19(16)25-18/h1-11H,(H,22,24). The van der Waals surface area contributed by atoms with Gasteiger partial charge in [-0.3, -0.25) is 4.79 Å². The predicted molar refractivity (Wildman–Crippen MR) is 97.2 cm³/mol. The normalized spacial score (nSPS) is 10.8. The molecule has 0 unspecified atom stereocenters. The van der Waals surface area contributed by atoms with E-state index in [1.165, 1.54) is 29.5 Å². The summed E-state index contributed by atoms with van der Waals surface area (Å²) < 4.78 is 13.3. The van der Waals surface area contributed by atoms with Gasteiger partial charge in [-0.25, -0.2) is 14.4 Å². The molecule has 1 amide bonds. The molecule has 0 saturated heterocycles. The molecule has 0 saturated carbocycles. The van der Waals surface area contributed by atoms with E-state index in [4.69, 9.17) is 0 Å². The van der Waals surface area contributed by atoms with Crippen LogP contribution in [0.15, 0.2) is 66.9 Å². The Hall–Kier alpha value is -3.12. The first-order valence-corrected chi connectivity index (χ1v) is 8.39. The van der Waals surface area contributed by atoms with Crippen LogP contribution < -0.4 is 5.32 Å². The number of aromatic nitrogens is 2. The van der Waals surface area contributed by atoms with Crippen molar-refractivity contribution in [3.8, 4) is 10.6 Å². The Morgan fingerprint density at radius 1 is 1.04 bits per heavy atom. The van der Waals surface area contributed by atoms with Crippen LogP contribution in [0.3, 0.4) is 0 Å². The van der Waals surface area contributed by atoms with Crippen molar-refractivity contribution in [2.24, 2.45) is 0 Å². The number of thiazole rings is 1. The number of nitrogens with one attached hydrogen (secondary N) is 1. The Morgan fingerprint density at radius 2 is 1.92 bits per heavy atom. The van der Waals surface area contributed by atoms with Gasteiger partial charge in [0.05, 0.1) is 0 Å². The van der Waals surface area contributed by atoms with Gasteiger partial charge >= 0.3 is 0 Å². The zero-order valence-corrected chi connectivity index (χ0v) is 13.8. The second kappa shape index (κ2) is 6.41. The molecule has 2 aromatic heterocycles. The van der Waals surface area contributed by atoms with Gasteiger partial charge < -0.3 is 5.32 Å². The number of hydrogen-bond acceptors (Lipinski definition) is 4. The summed E-state index contributed by atoms with van der Waals surface area (Å²) in [6.45, 7) is 0. The lowest BCUT2D eigenvalue weighted by Crippen LogP contribution is -2.11. The number of pyridine rings is 1. The highest BCUT2D eigenvalue weighted by atomic mass is 32.1. The minimum Gasteiger partial charge on any atom is -0.322 e. The first kappa shape index (κ1) is 15.4. The molecule has 0 aliphatic rings. The molecular formula is C19H12FN3OS. The fourth-order valence-electron chi connectivity index (χ4n) is 2.46. The number of halogens is 1. The van der Waals surface area contributed by atoms with E-state index in [0.29, 0.717) is 5.69 Å². The van der Waals surface area contributed by atoms with Crippen LogP contribution >= 0.6 is 11.3 Å². The summed E-state index contributed by atoms with van der Waals surface area (Å²) in [7, 11) is 0. The van der Waals surface area contributed by atoms with E-state index in [0.717, 1.165) is 20.9 Å². The van der Waals surface area contributed by atoms with Gasteiger partial charge in [-0.15, -0.1) is 0 Å². The van der Waals surface area contributed by atoms with E-state index in [2.05, 4.69) is 15.3 Å². The van der Waals surface area contributed by atoms with Crippen molar-refractivity contribution in [1.29, 1.82) is 0 Å². The Kier molecular flexibility index (Phi) is 3.95. The highest BCUT2D eigenvalue weighted by molar-refractivity contribution is 7.21. The smallest absolute Gasteiger partial charge is 0.255 e.